The number of hydrogen-bond acceptors (Lipinski definition) is 4. The maximum absolute atomic E-state index is 6.34. The molecule has 5 nitrogen and oxygen atoms in total. The van der Waals surface area contributed by atoms with E-state index in [0.717, 1.165) is 38.2 Å². The van der Waals surface area contributed by atoms with Crippen molar-refractivity contribution in [2.45, 2.75) is 51.9 Å². The smallest absolute Gasteiger partial charge is 0.0896 e. The van der Waals surface area contributed by atoms with E-state index < -0.39 is 0 Å². The molecule has 1 aromatic heterocycles. The van der Waals surface area contributed by atoms with E-state index in [2.05, 4.69) is 30.8 Å². The van der Waals surface area contributed by atoms with E-state index in [1.807, 2.05) is 17.1 Å². The van der Waals surface area contributed by atoms with Gasteiger partial charge in [0.1, 0.15) is 0 Å². The van der Waals surface area contributed by atoms with Crippen molar-refractivity contribution in [2.24, 2.45) is 5.73 Å². The largest absolute Gasteiger partial charge is 0.374 e. The monoisotopic (exact) mass is 266 g/mol. The highest BCUT2D eigenvalue weighted by Gasteiger charge is 2.28. The fourth-order valence-electron chi connectivity index (χ4n) is 2.50. The molecule has 0 radical (unpaired) electrons. The average Bonchev–Trinajstić information content (AvgIpc) is 2.87. The summed E-state index contributed by atoms with van der Waals surface area (Å²) in [6, 6.07) is 0.452. The molecule has 19 heavy (non-hydrogen) atoms. The summed E-state index contributed by atoms with van der Waals surface area (Å²) in [5.41, 5.74) is 7.41. The van der Waals surface area contributed by atoms with Gasteiger partial charge in [0.25, 0.3) is 0 Å². The SMILES string of the molecule is CCCn1cc(C(N)C2CN(C(C)C)CCO2)cn1. The first-order valence-electron chi connectivity index (χ1n) is 7.25. The Morgan fingerprint density at radius 3 is 3.00 bits per heavy atom. The van der Waals surface area contributed by atoms with Gasteiger partial charge in [-0.15, -0.1) is 0 Å². The van der Waals surface area contributed by atoms with Crippen LogP contribution in [0.15, 0.2) is 12.4 Å². The van der Waals surface area contributed by atoms with Crippen molar-refractivity contribution >= 4 is 0 Å². The van der Waals surface area contributed by atoms with E-state index >= 15 is 0 Å². The molecule has 1 fully saturated rings. The van der Waals surface area contributed by atoms with Crippen molar-refractivity contribution < 1.29 is 4.74 Å². The fourth-order valence-corrected chi connectivity index (χ4v) is 2.50. The maximum atomic E-state index is 6.34. The first-order chi connectivity index (χ1) is 9.11. The van der Waals surface area contributed by atoms with Gasteiger partial charge in [-0.1, -0.05) is 6.92 Å². The first kappa shape index (κ1) is 14.5. The lowest BCUT2D eigenvalue weighted by Gasteiger charge is -2.37. The molecule has 0 aromatic carbocycles. The third kappa shape index (κ3) is 3.55. The number of nitrogens with two attached hydrogens (primary N) is 1. The highest BCUT2D eigenvalue weighted by Crippen LogP contribution is 2.20. The molecule has 1 aromatic rings. The maximum Gasteiger partial charge on any atom is 0.0896 e. The van der Waals surface area contributed by atoms with E-state index in [0.29, 0.717) is 6.04 Å². The van der Waals surface area contributed by atoms with Gasteiger partial charge in [0, 0.05) is 37.4 Å². The number of rotatable bonds is 5. The van der Waals surface area contributed by atoms with Gasteiger partial charge in [-0.2, -0.15) is 5.10 Å². The average molecular weight is 266 g/mol. The molecular formula is C14H26N4O. The van der Waals surface area contributed by atoms with Crippen molar-refractivity contribution in [1.82, 2.24) is 14.7 Å². The molecule has 2 rings (SSSR count). The van der Waals surface area contributed by atoms with Crippen molar-refractivity contribution in [1.29, 1.82) is 0 Å². The van der Waals surface area contributed by atoms with Crippen molar-refractivity contribution in [2.75, 3.05) is 19.7 Å². The molecule has 1 aliphatic rings. The summed E-state index contributed by atoms with van der Waals surface area (Å²) in [5.74, 6) is 0. The van der Waals surface area contributed by atoms with E-state index in [1.54, 1.807) is 0 Å². The van der Waals surface area contributed by atoms with Gasteiger partial charge < -0.3 is 10.5 Å². The zero-order chi connectivity index (χ0) is 13.8. The van der Waals surface area contributed by atoms with Gasteiger partial charge >= 0.3 is 0 Å². The van der Waals surface area contributed by atoms with Crippen molar-refractivity contribution in [3.05, 3.63) is 18.0 Å². The molecule has 108 valence electrons. The van der Waals surface area contributed by atoms with Gasteiger partial charge in [0.05, 0.1) is 24.9 Å². The Morgan fingerprint density at radius 2 is 2.32 bits per heavy atom. The predicted molar refractivity (Wildman–Crippen MR) is 75.9 cm³/mol. The Kier molecular flexibility index (Phi) is 4.96. The summed E-state index contributed by atoms with van der Waals surface area (Å²) < 4.78 is 7.80. The van der Waals surface area contributed by atoms with Crippen LogP contribution in [0.25, 0.3) is 0 Å². The number of nitrogens with zero attached hydrogens (tertiary/aromatic N) is 3. The third-order valence-corrected chi connectivity index (χ3v) is 3.75. The van der Waals surface area contributed by atoms with Crippen LogP contribution in [0.1, 0.15) is 38.8 Å². The molecule has 0 aliphatic carbocycles. The molecule has 0 amide bonds. The van der Waals surface area contributed by atoms with Crippen LogP contribution in [0.2, 0.25) is 0 Å². The van der Waals surface area contributed by atoms with E-state index in [9.17, 15) is 0 Å². The molecule has 5 heteroatoms. The van der Waals surface area contributed by atoms with Crippen LogP contribution in [0.3, 0.4) is 0 Å². The Morgan fingerprint density at radius 1 is 1.53 bits per heavy atom. The van der Waals surface area contributed by atoms with Crippen LogP contribution in [0.5, 0.6) is 0 Å². The second-order valence-corrected chi connectivity index (χ2v) is 5.56. The van der Waals surface area contributed by atoms with Crippen LogP contribution < -0.4 is 5.73 Å². The molecule has 2 unspecified atom stereocenters. The Hall–Kier alpha value is -0.910. The lowest BCUT2D eigenvalue weighted by molar-refractivity contribution is -0.0502. The minimum absolute atomic E-state index is 0.0652. The number of aromatic nitrogens is 2. The quantitative estimate of drug-likeness (QED) is 0.875. The van der Waals surface area contributed by atoms with Gasteiger partial charge in [-0.3, -0.25) is 9.58 Å². The van der Waals surface area contributed by atoms with Crippen LogP contribution in [0, 0.1) is 0 Å². The van der Waals surface area contributed by atoms with Gasteiger partial charge in [-0.05, 0) is 20.3 Å². The normalized spacial score (nSPS) is 22.9. The number of morpholine rings is 1. The summed E-state index contributed by atoms with van der Waals surface area (Å²) in [5, 5.41) is 4.34. The molecule has 2 N–H and O–H groups in total. The van der Waals surface area contributed by atoms with Crippen molar-refractivity contribution in [3.63, 3.8) is 0 Å². The Balaban J connectivity index is 1.99. The van der Waals surface area contributed by atoms with E-state index in [1.165, 1.54) is 0 Å². The topological polar surface area (TPSA) is 56.3 Å². The van der Waals surface area contributed by atoms with E-state index in [-0.39, 0.29) is 12.1 Å². The Bertz CT molecular complexity index is 391. The standard InChI is InChI=1S/C14H26N4O/c1-4-5-18-9-12(8-16-18)14(15)13-10-17(11(2)3)6-7-19-13/h8-9,11,13-14H,4-7,10,15H2,1-3H3. The van der Waals surface area contributed by atoms with Gasteiger partial charge in [-0.25, -0.2) is 0 Å². The van der Waals surface area contributed by atoms with Crippen LogP contribution in [-0.4, -0.2) is 46.5 Å². The third-order valence-electron chi connectivity index (χ3n) is 3.75. The number of aryl methyl sites for hydroxylation is 1. The summed E-state index contributed by atoms with van der Waals surface area (Å²) in [4.78, 5) is 2.42. The minimum atomic E-state index is -0.0906. The van der Waals surface area contributed by atoms with Gasteiger partial charge in [0.15, 0.2) is 0 Å². The zero-order valence-electron chi connectivity index (χ0n) is 12.2. The van der Waals surface area contributed by atoms with Crippen LogP contribution in [-0.2, 0) is 11.3 Å². The first-order valence-corrected chi connectivity index (χ1v) is 7.25. The van der Waals surface area contributed by atoms with Crippen LogP contribution >= 0.6 is 0 Å². The second kappa shape index (κ2) is 6.50. The molecule has 0 saturated carbocycles. The molecule has 0 spiro atoms. The fraction of sp³-hybridized carbons (Fsp3) is 0.786. The summed E-state index contributed by atoms with van der Waals surface area (Å²) in [7, 11) is 0. The highest BCUT2D eigenvalue weighted by atomic mass is 16.5. The lowest BCUT2D eigenvalue weighted by atomic mass is 10.0. The summed E-state index contributed by atoms with van der Waals surface area (Å²) >= 11 is 0. The summed E-state index contributed by atoms with van der Waals surface area (Å²) in [6.07, 6.45) is 5.07. The lowest BCUT2D eigenvalue weighted by Crippen LogP contribution is -2.49. The molecular weight excluding hydrogens is 240 g/mol. The van der Waals surface area contributed by atoms with Crippen molar-refractivity contribution in [3.8, 4) is 0 Å². The highest BCUT2D eigenvalue weighted by molar-refractivity contribution is 5.12. The molecule has 1 aliphatic heterocycles. The number of ether oxygens (including phenoxy) is 1. The minimum Gasteiger partial charge on any atom is -0.374 e. The second-order valence-electron chi connectivity index (χ2n) is 5.56. The molecule has 2 atom stereocenters. The molecule has 2 heterocycles. The van der Waals surface area contributed by atoms with E-state index in [4.69, 9.17) is 10.5 Å². The molecule has 0 bridgehead atoms. The molecule has 1 saturated heterocycles. The summed E-state index contributed by atoms with van der Waals surface area (Å²) in [6.45, 7) is 10.2. The van der Waals surface area contributed by atoms with Crippen LogP contribution in [0.4, 0.5) is 0 Å². The number of hydrogen-bond donors (Lipinski definition) is 1. The Labute approximate surface area is 115 Å². The van der Waals surface area contributed by atoms with Gasteiger partial charge in [0.2, 0.25) is 0 Å². The predicted octanol–water partition coefficient (Wildman–Crippen LogP) is 1.40. The zero-order valence-corrected chi connectivity index (χ0v) is 12.2.